The maximum atomic E-state index is 12.7. The SMILES string of the molecule is CC(C)(C)CCS(=O)(=O)N1CCNCCC12CCC2. The third-order valence-corrected chi connectivity index (χ3v) is 6.48. The molecule has 1 heterocycles. The molecule has 1 N–H and O–H groups in total. The summed E-state index contributed by atoms with van der Waals surface area (Å²) >= 11 is 0. The molecule has 112 valence electrons. The Kier molecular flexibility index (Phi) is 4.29. The molecule has 0 bridgehead atoms. The Morgan fingerprint density at radius 3 is 2.37 bits per heavy atom. The summed E-state index contributed by atoms with van der Waals surface area (Å²) < 4.78 is 27.2. The van der Waals surface area contributed by atoms with E-state index >= 15 is 0 Å². The van der Waals surface area contributed by atoms with Crippen LogP contribution in [0.2, 0.25) is 0 Å². The van der Waals surface area contributed by atoms with Crippen molar-refractivity contribution >= 4 is 10.0 Å². The molecule has 4 nitrogen and oxygen atoms in total. The van der Waals surface area contributed by atoms with Crippen molar-refractivity contribution in [2.45, 2.75) is 58.4 Å². The second-order valence-corrected chi connectivity index (χ2v) is 9.29. The van der Waals surface area contributed by atoms with Crippen molar-refractivity contribution in [3.63, 3.8) is 0 Å². The second-order valence-electron chi connectivity index (χ2n) is 7.28. The van der Waals surface area contributed by atoms with Crippen LogP contribution in [0.5, 0.6) is 0 Å². The van der Waals surface area contributed by atoms with Crippen LogP contribution in [0.15, 0.2) is 0 Å². The minimum absolute atomic E-state index is 0.0553. The molecule has 0 amide bonds. The van der Waals surface area contributed by atoms with E-state index in [1.807, 2.05) is 4.31 Å². The van der Waals surface area contributed by atoms with E-state index in [1.54, 1.807) is 0 Å². The molecule has 1 aliphatic heterocycles. The van der Waals surface area contributed by atoms with Gasteiger partial charge in [-0.05, 0) is 44.1 Å². The Balaban J connectivity index is 2.12. The van der Waals surface area contributed by atoms with Gasteiger partial charge in [-0.15, -0.1) is 0 Å². The Hall–Kier alpha value is -0.130. The fourth-order valence-electron chi connectivity index (χ4n) is 3.05. The van der Waals surface area contributed by atoms with E-state index in [4.69, 9.17) is 0 Å². The number of hydrogen-bond donors (Lipinski definition) is 1. The largest absolute Gasteiger partial charge is 0.315 e. The third-order valence-electron chi connectivity index (χ3n) is 4.52. The minimum Gasteiger partial charge on any atom is -0.315 e. The van der Waals surface area contributed by atoms with Crippen LogP contribution in [-0.4, -0.2) is 43.6 Å². The predicted molar refractivity (Wildman–Crippen MR) is 78.6 cm³/mol. The smallest absolute Gasteiger partial charge is 0.214 e. The molecular formula is C14H28N2O2S. The van der Waals surface area contributed by atoms with Crippen molar-refractivity contribution < 1.29 is 8.42 Å². The van der Waals surface area contributed by atoms with Gasteiger partial charge in [-0.25, -0.2) is 8.42 Å². The highest BCUT2D eigenvalue weighted by molar-refractivity contribution is 7.89. The van der Waals surface area contributed by atoms with Crippen LogP contribution < -0.4 is 5.32 Å². The maximum absolute atomic E-state index is 12.7. The Morgan fingerprint density at radius 2 is 1.84 bits per heavy atom. The van der Waals surface area contributed by atoms with E-state index in [-0.39, 0.29) is 16.7 Å². The molecule has 0 unspecified atom stereocenters. The van der Waals surface area contributed by atoms with Crippen molar-refractivity contribution in [3.05, 3.63) is 0 Å². The second kappa shape index (κ2) is 5.34. The lowest BCUT2D eigenvalue weighted by Gasteiger charge is -2.48. The lowest BCUT2D eigenvalue weighted by molar-refractivity contribution is 0.0906. The van der Waals surface area contributed by atoms with Gasteiger partial charge in [0.25, 0.3) is 0 Å². The summed E-state index contributed by atoms with van der Waals surface area (Å²) in [4.78, 5) is 0. The van der Waals surface area contributed by atoms with Gasteiger partial charge < -0.3 is 5.32 Å². The normalized spacial score (nSPS) is 25.0. The Bertz CT molecular complexity index is 408. The van der Waals surface area contributed by atoms with Crippen LogP contribution >= 0.6 is 0 Å². The Labute approximate surface area is 118 Å². The van der Waals surface area contributed by atoms with Crippen molar-refractivity contribution in [1.29, 1.82) is 0 Å². The average molecular weight is 288 g/mol. The van der Waals surface area contributed by atoms with Crippen molar-refractivity contribution in [3.8, 4) is 0 Å². The standard InChI is InChI=1S/C14H28N2O2S/c1-13(2,3)8-12-19(17,18)16-11-10-15-9-7-14(16)5-4-6-14/h15H,4-12H2,1-3H3. The number of rotatable bonds is 3. The summed E-state index contributed by atoms with van der Waals surface area (Å²) in [5, 5.41) is 3.34. The molecule has 0 aromatic carbocycles. The maximum Gasteiger partial charge on any atom is 0.214 e. The first-order chi connectivity index (χ1) is 8.75. The lowest BCUT2D eigenvalue weighted by atomic mass is 9.74. The molecule has 1 saturated heterocycles. The van der Waals surface area contributed by atoms with Gasteiger partial charge in [0.2, 0.25) is 10.0 Å². The number of nitrogens with zero attached hydrogens (tertiary/aromatic N) is 1. The molecule has 1 spiro atoms. The monoisotopic (exact) mass is 288 g/mol. The lowest BCUT2D eigenvalue weighted by Crippen LogP contribution is -2.56. The molecule has 2 fully saturated rings. The molecule has 19 heavy (non-hydrogen) atoms. The van der Waals surface area contributed by atoms with Gasteiger partial charge >= 0.3 is 0 Å². The summed E-state index contributed by atoms with van der Waals surface area (Å²) in [5.41, 5.74) is 0.0180. The third kappa shape index (κ3) is 3.50. The number of hydrogen-bond acceptors (Lipinski definition) is 3. The van der Waals surface area contributed by atoms with Crippen molar-refractivity contribution in [2.75, 3.05) is 25.4 Å². The first-order valence-electron chi connectivity index (χ1n) is 7.47. The molecule has 0 aromatic rings. The first kappa shape index (κ1) is 15.3. The van der Waals surface area contributed by atoms with Gasteiger partial charge in [-0.1, -0.05) is 20.8 Å². The minimum atomic E-state index is -3.12. The molecule has 2 rings (SSSR count). The summed E-state index contributed by atoms with van der Waals surface area (Å²) in [5.74, 6) is 0.290. The summed E-state index contributed by atoms with van der Waals surface area (Å²) in [6, 6.07) is 0. The highest BCUT2D eigenvalue weighted by Gasteiger charge is 2.47. The zero-order valence-electron chi connectivity index (χ0n) is 12.5. The fourth-order valence-corrected chi connectivity index (χ4v) is 5.38. The molecule has 5 heteroatoms. The van der Waals surface area contributed by atoms with Crippen LogP contribution in [0.3, 0.4) is 0 Å². The van der Waals surface area contributed by atoms with E-state index in [0.717, 1.165) is 38.8 Å². The predicted octanol–water partition coefficient (Wildman–Crippen LogP) is 1.97. The molecule has 0 aromatic heterocycles. The fraction of sp³-hybridized carbons (Fsp3) is 1.00. The highest BCUT2D eigenvalue weighted by Crippen LogP contribution is 2.42. The topological polar surface area (TPSA) is 49.4 Å². The van der Waals surface area contributed by atoms with Gasteiger partial charge in [-0.2, -0.15) is 4.31 Å². The zero-order valence-corrected chi connectivity index (χ0v) is 13.4. The van der Waals surface area contributed by atoms with Crippen LogP contribution in [0.4, 0.5) is 0 Å². The van der Waals surface area contributed by atoms with Crippen LogP contribution in [0.1, 0.15) is 52.9 Å². The highest BCUT2D eigenvalue weighted by atomic mass is 32.2. The molecular weight excluding hydrogens is 260 g/mol. The van der Waals surface area contributed by atoms with Crippen LogP contribution in [0, 0.1) is 5.41 Å². The van der Waals surface area contributed by atoms with Gasteiger partial charge in [0.1, 0.15) is 0 Å². The van der Waals surface area contributed by atoms with Crippen molar-refractivity contribution in [1.82, 2.24) is 9.62 Å². The van der Waals surface area contributed by atoms with Gasteiger partial charge in [-0.3, -0.25) is 0 Å². The van der Waals surface area contributed by atoms with E-state index in [1.165, 1.54) is 6.42 Å². The molecule has 2 aliphatic rings. The Morgan fingerprint density at radius 1 is 1.16 bits per heavy atom. The van der Waals surface area contributed by atoms with E-state index in [2.05, 4.69) is 26.1 Å². The summed E-state index contributed by atoms with van der Waals surface area (Å²) in [6.07, 6.45) is 4.97. The molecule has 0 radical (unpaired) electrons. The van der Waals surface area contributed by atoms with Gasteiger partial charge in [0.05, 0.1) is 5.75 Å². The first-order valence-corrected chi connectivity index (χ1v) is 9.07. The quantitative estimate of drug-likeness (QED) is 0.864. The van der Waals surface area contributed by atoms with Crippen LogP contribution in [-0.2, 0) is 10.0 Å². The summed E-state index contributed by atoms with van der Waals surface area (Å²) in [7, 11) is -3.12. The number of sulfonamides is 1. The van der Waals surface area contributed by atoms with Crippen molar-refractivity contribution in [2.24, 2.45) is 5.41 Å². The molecule has 0 atom stereocenters. The van der Waals surface area contributed by atoms with E-state index in [9.17, 15) is 8.42 Å². The zero-order chi connectivity index (χ0) is 14.1. The number of nitrogens with one attached hydrogen (secondary N) is 1. The van der Waals surface area contributed by atoms with Crippen LogP contribution in [0.25, 0.3) is 0 Å². The van der Waals surface area contributed by atoms with E-state index in [0.29, 0.717) is 6.54 Å². The summed E-state index contributed by atoms with van der Waals surface area (Å²) in [6.45, 7) is 8.69. The molecule has 1 aliphatic carbocycles. The molecule has 1 saturated carbocycles. The average Bonchev–Trinajstić information content (AvgIpc) is 2.47. The van der Waals surface area contributed by atoms with E-state index < -0.39 is 10.0 Å². The van der Waals surface area contributed by atoms with Gasteiger partial charge in [0, 0.05) is 18.6 Å². The van der Waals surface area contributed by atoms with Gasteiger partial charge in [0.15, 0.2) is 0 Å².